The summed E-state index contributed by atoms with van der Waals surface area (Å²) in [4.78, 5) is 24.0. The van der Waals surface area contributed by atoms with Gasteiger partial charge in [0.05, 0.1) is 18.9 Å². The highest BCUT2D eigenvalue weighted by atomic mass is 16.6. The summed E-state index contributed by atoms with van der Waals surface area (Å²) >= 11 is 0. The smallest absolute Gasteiger partial charge is 0.310 e. The normalized spacial score (nSPS) is 14.4. The summed E-state index contributed by atoms with van der Waals surface area (Å²) in [7, 11) is 1.33. The first kappa shape index (κ1) is 17.7. The van der Waals surface area contributed by atoms with Crippen molar-refractivity contribution in [3.8, 4) is 0 Å². The molecule has 0 rings (SSSR count). The Morgan fingerprint density at radius 1 is 1.21 bits per heavy atom. The summed E-state index contributed by atoms with van der Waals surface area (Å²) in [5, 5.41) is 0. The fourth-order valence-electron chi connectivity index (χ4n) is 1.93. The molecule has 0 aromatic carbocycles. The van der Waals surface area contributed by atoms with Crippen LogP contribution in [0.2, 0.25) is 0 Å². The summed E-state index contributed by atoms with van der Waals surface area (Å²) in [5.74, 6) is -1.72. The van der Waals surface area contributed by atoms with E-state index in [1.165, 1.54) is 7.11 Å². The van der Waals surface area contributed by atoms with Crippen molar-refractivity contribution < 1.29 is 19.1 Å². The number of carbonyl (C=O) groups excluding carboxylic acids is 2. The van der Waals surface area contributed by atoms with Crippen LogP contribution in [0.4, 0.5) is 0 Å². The Morgan fingerprint density at radius 3 is 2.16 bits per heavy atom. The number of hydrogen-bond acceptors (Lipinski definition) is 4. The minimum Gasteiger partial charge on any atom is -0.469 e. The monoisotopic (exact) mass is 270 g/mol. The summed E-state index contributed by atoms with van der Waals surface area (Å²) in [6, 6.07) is 0. The molecule has 0 saturated carbocycles. The van der Waals surface area contributed by atoms with Gasteiger partial charge < -0.3 is 9.47 Å². The zero-order valence-corrected chi connectivity index (χ0v) is 12.7. The third-order valence-corrected chi connectivity index (χ3v) is 2.72. The van der Waals surface area contributed by atoms with Crippen molar-refractivity contribution in [2.24, 2.45) is 11.8 Å². The zero-order chi connectivity index (χ0) is 15.1. The van der Waals surface area contributed by atoms with Crippen LogP contribution in [0.5, 0.6) is 0 Å². The Kier molecular flexibility index (Phi) is 7.42. The lowest BCUT2D eigenvalue weighted by atomic mass is 9.86. The molecule has 0 aliphatic rings. The molecule has 0 N–H and O–H groups in total. The van der Waals surface area contributed by atoms with Gasteiger partial charge in [0.15, 0.2) is 0 Å². The molecule has 0 saturated heterocycles. The highest BCUT2D eigenvalue weighted by molar-refractivity contribution is 5.82. The Labute approximate surface area is 116 Å². The molecule has 2 atom stereocenters. The van der Waals surface area contributed by atoms with E-state index in [-0.39, 0.29) is 11.9 Å². The summed E-state index contributed by atoms with van der Waals surface area (Å²) in [6.07, 6.45) is 3.45. The standard InChI is InChI=1S/C15H26O4/c1-7-9-11(13(16)18-6)12(10-8-2)14(17)19-15(3,4)5/h7,11-12H,1,8-10H2,2-6H3/t11-,12+/m1/s1. The van der Waals surface area contributed by atoms with Crippen molar-refractivity contribution in [3.05, 3.63) is 12.7 Å². The van der Waals surface area contributed by atoms with Gasteiger partial charge in [-0.2, -0.15) is 0 Å². The lowest BCUT2D eigenvalue weighted by Crippen LogP contribution is -2.36. The van der Waals surface area contributed by atoms with Gasteiger partial charge >= 0.3 is 11.9 Å². The van der Waals surface area contributed by atoms with Gasteiger partial charge in [0.25, 0.3) is 0 Å². The number of allylic oxidation sites excluding steroid dienone is 1. The number of esters is 2. The van der Waals surface area contributed by atoms with Gasteiger partial charge in [-0.25, -0.2) is 0 Å². The van der Waals surface area contributed by atoms with Gasteiger partial charge in [0.1, 0.15) is 5.60 Å². The van der Waals surface area contributed by atoms with Gasteiger partial charge in [0.2, 0.25) is 0 Å². The molecule has 19 heavy (non-hydrogen) atoms. The molecule has 0 amide bonds. The number of methoxy groups -OCH3 is 1. The molecule has 4 nitrogen and oxygen atoms in total. The molecule has 4 heteroatoms. The van der Waals surface area contributed by atoms with E-state index in [4.69, 9.17) is 9.47 Å². The quantitative estimate of drug-likeness (QED) is 0.527. The van der Waals surface area contributed by atoms with Crippen LogP contribution in [-0.2, 0) is 19.1 Å². The van der Waals surface area contributed by atoms with Gasteiger partial charge in [0, 0.05) is 0 Å². The highest BCUT2D eigenvalue weighted by Crippen LogP contribution is 2.26. The average Bonchev–Trinajstić information content (AvgIpc) is 2.30. The van der Waals surface area contributed by atoms with Crippen LogP contribution in [0, 0.1) is 11.8 Å². The predicted octanol–water partition coefficient (Wildman–Crippen LogP) is 3.11. The number of hydrogen-bond donors (Lipinski definition) is 0. The molecule has 110 valence electrons. The molecule has 0 unspecified atom stereocenters. The van der Waals surface area contributed by atoms with Crippen LogP contribution in [0.15, 0.2) is 12.7 Å². The lowest BCUT2D eigenvalue weighted by molar-refractivity contribution is -0.167. The molecule has 0 bridgehead atoms. The lowest BCUT2D eigenvalue weighted by Gasteiger charge is -2.27. The first-order chi connectivity index (χ1) is 8.76. The third-order valence-electron chi connectivity index (χ3n) is 2.72. The second kappa shape index (κ2) is 7.97. The van der Waals surface area contributed by atoms with Crippen LogP contribution in [0.1, 0.15) is 47.0 Å². The molecule has 0 aliphatic carbocycles. The van der Waals surface area contributed by atoms with E-state index in [0.29, 0.717) is 12.8 Å². The fraction of sp³-hybridized carbons (Fsp3) is 0.733. The van der Waals surface area contributed by atoms with Gasteiger partial charge in [-0.1, -0.05) is 19.4 Å². The summed E-state index contributed by atoms with van der Waals surface area (Å²) in [5.41, 5.74) is -0.558. The topological polar surface area (TPSA) is 52.6 Å². The van der Waals surface area contributed by atoms with Crippen LogP contribution in [0.3, 0.4) is 0 Å². The largest absolute Gasteiger partial charge is 0.469 e. The summed E-state index contributed by atoms with van der Waals surface area (Å²) < 4.78 is 10.2. The molecule has 0 heterocycles. The number of rotatable bonds is 7. The SMILES string of the molecule is C=CC[C@@H](C(=O)OC)[C@H](CCC)C(=O)OC(C)(C)C. The fourth-order valence-corrected chi connectivity index (χ4v) is 1.93. The maximum Gasteiger partial charge on any atom is 0.310 e. The van der Waals surface area contributed by atoms with Crippen molar-refractivity contribution in [1.29, 1.82) is 0 Å². The molecule has 0 fully saturated rings. The minimum atomic E-state index is -0.558. The van der Waals surface area contributed by atoms with Gasteiger partial charge in [-0.15, -0.1) is 6.58 Å². The van der Waals surface area contributed by atoms with Gasteiger partial charge in [-0.3, -0.25) is 9.59 Å². The van der Waals surface area contributed by atoms with Crippen LogP contribution in [0.25, 0.3) is 0 Å². The predicted molar refractivity (Wildman–Crippen MR) is 74.6 cm³/mol. The first-order valence-corrected chi connectivity index (χ1v) is 6.68. The number of carbonyl (C=O) groups is 2. The molecule has 0 aliphatic heterocycles. The minimum absolute atomic E-state index is 0.341. The summed E-state index contributed by atoms with van der Waals surface area (Å²) in [6.45, 7) is 11.0. The van der Waals surface area contributed by atoms with Crippen molar-refractivity contribution in [2.75, 3.05) is 7.11 Å². The Hall–Kier alpha value is -1.32. The molecular weight excluding hydrogens is 244 g/mol. The van der Waals surface area contributed by atoms with E-state index in [2.05, 4.69) is 6.58 Å². The maximum atomic E-state index is 12.2. The Morgan fingerprint density at radius 2 is 1.79 bits per heavy atom. The molecule has 0 aromatic rings. The second-order valence-electron chi connectivity index (χ2n) is 5.58. The Bertz CT molecular complexity index is 315. The third kappa shape index (κ3) is 6.41. The molecule has 0 radical (unpaired) electrons. The molecular formula is C15H26O4. The molecule has 0 spiro atoms. The molecule has 0 aromatic heterocycles. The second-order valence-corrected chi connectivity index (χ2v) is 5.58. The Balaban J connectivity index is 5.06. The van der Waals surface area contributed by atoms with Crippen LogP contribution in [-0.4, -0.2) is 24.6 Å². The maximum absolute atomic E-state index is 12.2. The van der Waals surface area contributed by atoms with E-state index in [9.17, 15) is 9.59 Å². The first-order valence-electron chi connectivity index (χ1n) is 6.68. The number of ether oxygens (including phenoxy) is 2. The zero-order valence-electron chi connectivity index (χ0n) is 12.7. The average molecular weight is 270 g/mol. The highest BCUT2D eigenvalue weighted by Gasteiger charge is 2.35. The van der Waals surface area contributed by atoms with E-state index in [1.807, 2.05) is 27.7 Å². The van der Waals surface area contributed by atoms with Crippen molar-refractivity contribution in [3.63, 3.8) is 0 Å². The van der Waals surface area contributed by atoms with E-state index in [0.717, 1.165) is 6.42 Å². The van der Waals surface area contributed by atoms with E-state index in [1.54, 1.807) is 6.08 Å². The van der Waals surface area contributed by atoms with Crippen molar-refractivity contribution >= 4 is 11.9 Å². The van der Waals surface area contributed by atoms with Crippen LogP contribution >= 0.6 is 0 Å². The van der Waals surface area contributed by atoms with Crippen molar-refractivity contribution in [2.45, 2.75) is 52.6 Å². The van der Waals surface area contributed by atoms with E-state index < -0.39 is 17.4 Å². The van der Waals surface area contributed by atoms with Crippen molar-refractivity contribution in [1.82, 2.24) is 0 Å². The van der Waals surface area contributed by atoms with Crippen LogP contribution < -0.4 is 0 Å². The van der Waals surface area contributed by atoms with E-state index >= 15 is 0 Å². The van der Waals surface area contributed by atoms with Gasteiger partial charge in [-0.05, 0) is 33.6 Å².